The third-order valence-electron chi connectivity index (χ3n) is 3.84. The number of rotatable bonds is 7. The summed E-state index contributed by atoms with van der Waals surface area (Å²) in [6.07, 6.45) is 0. The maximum atomic E-state index is 13.1. The van der Waals surface area contributed by atoms with Crippen molar-refractivity contribution < 1.29 is 9.53 Å². The number of carbonyl (C=O) groups is 1. The number of aromatic nitrogens is 3. The molecule has 0 spiro atoms. The van der Waals surface area contributed by atoms with E-state index in [-0.39, 0.29) is 5.91 Å². The van der Waals surface area contributed by atoms with Gasteiger partial charge in [-0.05, 0) is 31.5 Å². The van der Waals surface area contributed by atoms with Gasteiger partial charge in [0.15, 0.2) is 0 Å². The van der Waals surface area contributed by atoms with E-state index in [1.807, 2.05) is 61.5 Å². The molecular weight excluding hydrogens is 362 g/mol. The average molecular weight is 383 g/mol. The summed E-state index contributed by atoms with van der Waals surface area (Å²) in [6.45, 7) is 4.17. The monoisotopic (exact) mass is 383 g/mol. The first-order valence-electron chi connectivity index (χ1n) is 8.51. The molecule has 27 heavy (non-hydrogen) atoms. The minimum absolute atomic E-state index is 0.195. The molecule has 0 saturated carbocycles. The quantitative estimate of drug-likeness (QED) is 0.481. The van der Waals surface area contributed by atoms with Crippen molar-refractivity contribution in [2.75, 3.05) is 17.8 Å². The van der Waals surface area contributed by atoms with E-state index in [0.717, 1.165) is 5.56 Å². The van der Waals surface area contributed by atoms with Gasteiger partial charge in [0.25, 0.3) is 0 Å². The number of aryl methyl sites for hydroxylation is 1. The van der Waals surface area contributed by atoms with Crippen molar-refractivity contribution in [2.24, 2.45) is 0 Å². The fourth-order valence-corrected chi connectivity index (χ4v) is 3.49. The highest BCUT2D eigenvalue weighted by molar-refractivity contribution is 8.00. The predicted octanol–water partition coefficient (Wildman–Crippen LogP) is 3.17. The van der Waals surface area contributed by atoms with Crippen molar-refractivity contribution in [3.8, 4) is 5.75 Å². The molecule has 2 aromatic carbocycles. The Bertz CT molecular complexity index is 913. The molecule has 3 N–H and O–H groups in total. The Labute approximate surface area is 161 Å². The number of para-hydroxylation sites is 2. The van der Waals surface area contributed by atoms with Gasteiger partial charge in [0.2, 0.25) is 11.1 Å². The Hall–Kier alpha value is -3.00. The van der Waals surface area contributed by atoms with E-state index in [1.54, 1.807) is 6.92 Å². The number of nitrogens with zero attached hydrogens (tertiary/aromatic N) is 3. The molecular formula is C19H21N5O2S. The molecule has 140 valence electrons. The number of carbonyl (C=O) groups excluding carboxylic acids is 1. The van der Waals surface area contributed by atoms with E-state index in [1.165, 1.54) is 16.4 Å². The summed E-state index contributed by atoms with van der Waals surface area (Å²) in [7, 11) is 0. The minimum atomic E-state index is -0.549. The van der Waals surface area contributed by atoms with Crippen LogP contribution in [0.1, 0.15) is 23.6 Å². The Morgan fingerprint density at radius 1 is 1.19 bits per heavy atom. The molecule has 1 amide bonds. The van der Waals surface area contributed by atoms with Crippen molar-refractivity contribution in [2.45, 2.75) is 24.3 Å². The highest BCUT2D eigenvalue weighted by Gasteiger charge is 2.25. The highest BCUT2D eigenvalue weighted by atomic mass is 32.2. The van der Waals surface area contributed by atoms with Gasteiger partial charge in [-0.3, -0.25) is 4.79 Å². The van der Waals surface area contributed by atoms with Crippen molar-refractivity contribution in [1.29, 1.82) is 0 Å². The lowest BCUT2D eigenvalue weighted by Gasteiger charge is -2.18. The lowest BCUT2D eigenvalue weighted by atomic mass is 10.1. The SMILES string of the molecule is CCOc1ccccc1NC(=O)[C@H](Sc1nnc(C)n1N)c1ccccc1. The molecule has 1 atom stereocenters. The number of nitrogen functional groups attached to an aromatic ring is 1. The fraction of sp³-hybridized carbons (Fsp3) is 0.211. The second kappa shape index (κ2) is 8.59. The highest BCUT2D eigenvalue weighted by Crippen LogP contribution is 2.36. The van der Waals surface area contributed by atoms with Gasteiger partial charge < -0.3 is 15.9 Å². The lowest BCUT2D eigenvalue weighted by Crippen LogP contribution is -2.21. The summed E-state index contributed by atoms with van der Waals surface area (Å²) >= 11 is 1.25. The maximum absolute atomic E-state index is 13.1. The zero-order valence-corrected chi connectivity index (χ0v) is 15.9. The van der Waals surface area contributed by atoms with Crippen LogP contribution in [0, 0.1) is 6.92 Å². The smallest absolute Gasteiger partial charge is 0.242 e. The molecule has 0 aliphatic carbocycles. The molecule has 3 aromatic rings. The predicted molar refractivity (Wildman–Crippen MR) is 106 cm³/mol. The Balaban J connectivity index is 1.89. The summed E-state index contributed by atoms with van der Waals surface area (Å²) in [5.41, 5.74) is 1.46. The van der Waals surface area contributed by atoms with E-state index in [0.29, 0.717) is 29.0 Å². The van der Waals surface area contributed by atoms with Crippen LogP contribution in [0.5, 0.6) is 5.75 Å². The van der Waals surface area contributed by atoms with Gasteiger partial charge in [-0.15, -0.1) is 10.2 Å². The first-order chi connectivity index (χ1) is 13.1. The first kappa shape index (κ1) is 18.8. The lowest BCUT2D eigenvalue weighted by molar-refractivity contribution is -0.115. The van der Waals surface area contributed by atoms with Gasteiger partial charge in [0.1, 0.15) is 16.8 Å². The molecule has 1 aromatic heterocycles. The molecule has 0 radical (unpaired) electrons. The summed E-state index contributed by atoms with van der Waals surface area (Å²) in [4.78, 5) is 13.1. The number of anilines is 1. The molecule has 1 heterocycles. The first-order valence-corrected chi connectivity index (χ1v) is 9.39. The van der Waals surface area contributed by atoms with Crippen molar-refractivity contribution >= 4 is 23.4 Å². The van der Waals surface area contributed by atoms with Gasteiger partial charge in [-0.25, -0.2) is 4.68 Å². The van der Waals surface area contributed by atoms with Crippen LogP contribution in [0.4, 0.5) is 5.69 Å². The van der Waals surface area contributed by atoms with E-state index < -0.39 is 5.25 Å². The van der Waals surface area contributed by atoms with Gasteiger partial charge in [0.05, 0.1) is 12.3 Å². The maximum Gasteiger partial charge on any atom is 0.242 e. The molecule has 3 rings (SSSR count). The summed E-state index contributed by atoms with van der Waals surface area (Å²) in [5, 5.41) is 10.9. The van der Waals surface area contributed by atoms with Gasteiger partial charge >= 0.3 is 0 Å². The molecule has 0 aliphatic rings. The van der Waals surface area contributed by atoms with E-state index >= 15 is 0 Å². The largest absolute Gasteiger partial charge is 0.492 e. The van der Waals surface area contributed by atoms with Gasteiger partial charge in [0, 0.05) is 0 Å². The normalized spacial score (nSPS) is 11.8. The van der Waals surface area contributed by atoms with E-state index in [2.05, 4.69) is 15.5 Å². The summed E-state index contributed by atoms with van der Waals surface area (Å²) in [6, 6.07) is 16.8. The number of amides is 1. The number of benzene rings is 2. The summed E-state index contributed by atoms with van der Waals surface area (Å²) < 4.78 is 6.97. The molecule has 0 aliphatic heterocycles. The van der Waals surface area contributed by atoms with Crippen LogP contribution in [-0.4, -0.2) is 27.4 Å². The topological polar surface area (TPSA) is 95.1 Å². The van der Waals surface area contributed by atoms with E-state index in [9.17, 15) is 4.79 Å². The standard InChI is InChI=1S/C19H21N5O2S/c1-3-26-16-12-8-7-11-15(16)21-18(25)17(14-9-5-4-6-10-14)27-19-23-22-13(2)24(19)20/h4-12,17H,3,20H2,1-2H3,(H,21,25)/t17-/m1/s1. The number of hydrogen-bond donors (Lipinski definition) is 2. The Morgan fingerprint density at radius 2 is 1.89 bits per heavy atom. The Kier molecular flexibility index (Phi) is 5.97. The van der Waals surface area contributed by atoms with Crippen LogP contribution in [-0.2, 0) is 4.79 Å². The fourth-order valence-electron chi connectivity index (χ4n) is 2.49. The van der Waals surface area contributed by atoms with Crippen LogP contribution in [0.2, 0.25) is 0 Å². The molecule has 0 saturated heterocycles. The van der Waals surface area contributed by atoms with Crippen molar-refractivity contribution in [3.63, 3.8) is 0 Å². The summed E-state index contributed by atoms with van der Waals surface area (Å²) in [5.74, 6) is 6.97. The van der Waals surface area contributed by atoms with E-state index in [4.69, 9.17) is 10.6 Å². The molecule has 8 heteroatoms. The van der Waals surface area contributed by atoms with Crippen molar-refractivity contribution in [1.82, 2.24) is 14.9 Å². The van der Waals surface area contributed by atoms with Crippen LogP contribution in [0.25, 0.3) is 0 Å². The van der Waals surface area contributed by atoms with Crippen LogP contribution in [0.15, 0.2) is 59.8 Å². The molecule has 7 nitrogen and oxygen atoms in total. The van der Waals surface area contributed by atoms with Gasteiger partial charge in [-0.1, -0.05) is 54.2 Å². The Morgan fingerprint density at radius 3 is 2.56 bits per heavy atom. The number of ether oxygens (including phenoxy) is 1. The zero-order valence-electron chi connectivity index (χ0n) is 15.1. The van der Waals surface area contributed by atoms with Gasteiger partial charge in [-0.2, -0.15) is 0 Å². The number of hydrogen-bond acceptors (Lipinski definition) is 6. The third kappa shape index (κ3) is 4.40. The zero-order chi connectivity index (χ0) is 19.2. The van der Waals surface area contributed by atoms with Crippen LogP contribution in [0.3, 0.4) is 0 Å². The number of nitrogens with two attached hydrogens (primary N) is 1. The minimum Gasteiger partial charge on any atom is -0.492 e. The average Bonchev–Trinajstić information content (AvgIpc) is 3.00. The molecule has 0 unspecified atom stereocenters. The van der Waals surface area contributed by atoms with Crippen LogP contribution >= 0.6 is 11.8 Å². The number of thioether (sulfide) groups is 1. The molecule has 0 fully saturated rings. The second-order valence-corrected chi connectivity index (χ2v) is 6.80. The third-order valence-corrected chi connectivity index (χ3v) is 5.05. The second-order valence-electron chi connectivity index (χ2n) is 5.73. The number of nitrogens with one attached hydrogen (secondary N) is 1. The van der Waals surface area contributed by atoms with Crippen molar-refractivity contribution in [3.05, 3.63) is 66.0 Å². The molecule has 0 bridgehead atoms. The van der Waals surface area contributed by atoms with Crippen LogP contribution < -0.4 is 15.9 Å².